The Morgan fingerprint density at radius 3 is 2.40 bits per heavy atom. The van der Waals surface area contributed by atoms with Gasteiger partial charge in [0.1, 0.15) is 0 Å². The molecule has 88 valence electrons. The summed E-state index contributed by atoms with van der Waals surface area (Å²) in [6, 6.07) is 0.605. The molecule has 15 heavy (non-hydrogen) atoms. The van der Waals surface area contributed by atoms with Gasteiger partial charge in [-0.2, -0.15) is 0 Å². The third-order valence-electron chi connectivity index (χ3n) is 3.75. The van der Waals surface area contributed by atoms with Crippen LogP contribution in [0, 0.1) is 5.41 Å². The van der Waals surface area contributed by atoms with Gasteiger partial charge in [-0.3, -0.25) is 4.79 Å². The lowest BCUT2D eigenvalue weighted by atomic mass is 9.80. The largest absolute Gasteiger partial charge is 0.481 e. The minimum Gasteiger partial charge on any atom is -0.481 e. The van der Waals surface area contributed by atoms with Crippen LogP contribution >= 0.6 is 0 Å². The molecule has 0 spiro atoms. The van der Waals surface area contributed by atoms with E-state index in [2.05, 4.69) is 18.7 Å². The Balaban J connectivity index is 2.45. The van der Waals surface area contributed by atoms with Crippen molar-refractivity contribution in [3.63, 3.8) is 0 Å². The Kier molecular flexibility index (Phi) is 4.14. The summed E-state index contributed by atoms with van der Waals surface area (Å²) in [5, 5.41) is 9.11. The number of rotatable bonds is 4. The van der Waals surface area contributed by atoms with Crippen molar-refractivity contribution in [3.05, 3.63) is 0 Å². The number of carboxylic acid groups (broad SMARTS) is 1. The highest BCUT2D eigenvalue weighted by Gasteiger charge is 2.37. The van der Waals surface area contributed by atoms with E-state index in [1.165, 1.54) is 12.8 Å². The Morgan fingerprint density at radius 1 is 1.47 bits per heavy atom. The molecule has 1 atom stereocenters. The summed E-state index contributed by atoms with van der Waals surface area (Å²) >= 11 is 0. The molecule has 1 fully saturated rings. The normalized spacial score (nSPS) is 23.7. The second kappa shape index (κ2) is 4.97. The number of piperidine rings is 1. The van der Waals surface area contributed by atoms with Gasteiger partial charge >= 0.3 is 5.97 Å². The molecule has 0 aliphatic carbocycles. The number of likely N-dealkylation sites (tertiary alicyclic amines) is 1. The minimum absolute atomic E-state index is 0.484. The van der Waals surface area contributed by atoms with Crippen molar-refractivity contribution in [2.75, 3.05) is 13.1 Å². The maximum absolute atomic E-state index is 11.1. The molecule has 0 amide bonds. The molecule has 0 saturated carbocycles. The van der Waals surface area contributed by atoms with Gasteiger partial charge in [0.05, 0.1) is 5.41 Å². The zero-order valence-electron chi connectivity index (χ0n) is 10.1. The van der Waals surface area contributed by atoms with Crippen LogP contribution in [-0.4, -0.2) is 35.1 Å². The van der Waals surface area contributed by atoms with Gasteiger partial charge < -0.3 is 10.0 Å². The number of carbonyl (C=O) groups is 1. The number of hydrogen-bond acceptors (Lipinski definition) is 2. The van der Waals surface area contributed by atoms with Crippen LogP contribution in [0.1, 0.15) is 46.5 Å². The molecule has 0 aromatic carbocycles. The van der Waals surface area contributed by atoms with E-state index in [1.807, 2.05) is 6.92 Å². The van der Waals surface area contributed by atoms with E-state index in [0.29, 0.717) is 6.04 Å². The maximum atomic E-state index is 11.1. The predicted molar refractivity (Wildman–Crippen MR) is 60.9 cm³/mol. The highest BCUT2D eigenvalue weighted by molar-refractivity contribution is 5.74. The van der Waals surface area contributed by atoms with E-state index >= 15 is 0 Å². The molecular weight excluding hydrogens is 190 g/mol. The molecule has 1 heterocycles. The number of aliphatic carboxylic acids is 1. The maximum Gasteiger partial charge on any atom is 0.309 e. The van der Waals surface area contributed by atoms with Crippen LogP contribution in [0.3, 0.4) is 0 Å². The molecular formula is C12H23NO2. The van der Waals surface area contributed by atoms with Gasteiger partial charge in [-0.25, -0.2) is 0 Å². The molecule has 3 nitrogen and oxygen atoms in total. The van der Waals surface area contributed by atoms with Crippen LogP contribution in [0.4, 0.5) is 0 Å². The van der Waals surface area contributed by atoms with E-state index in [9.17, 15) is 4.79 Å². The lowest BCUT2D eigenvalue weighted by Crippen LogP contribution is -2.46. The Bertz CT molecular complexity index is 220. The average molecular weight is 213 g/mol. The quantitative estimate of drug-likeness (QED) is 0.779. The van der Waals surface area contributed by atoms with Gasteiger partial charge in [0.15, 0.2) is 0 Å². The van der Waals surface area contributed by atoms with Crippen molar-refractivity contribution < 1.29 is 9.90 Å². The third-order valence-corrected chi connectivity index (χ3v) is 3.75. The van der Waals surface area contributed by atoms with Crippen molar-refractivity contribution in [1.82, 2.24) is 4.90 Å². The van der Waals surface area contributed by atoms with Gasteiger partial charge in [-0.15, -0.1) is 0 Å². The van der Waals surface area contributed by atoms with Gasteiger partial charge in [-0.1, -0.05) is 13.3 Å². The Labute approximate surface area is 92.5 Å². The van der Waals surface area contributed by atoms with Crippen LogP contribution in [0.25, 0.3) is 0 Å². The zero-order chi connectivity index (χ0) is 11.5. The molecule has 1 saturated heterocycles. The second-order valence-electron chi connectivity index (χ2n) is 5.04. The molecule has 0 aromatic rings. The molecule has 0 bridgehead atoms. The molecule has 1 N–H and O–H groups in total. The molecule has 1 aliphatic rings. The summed E-state index contributed by atoms with van der Waals surface area (Å²) < 4.78 is 0. The van der Waals surface area contributed by atoms with Gasteiger partial charge in [-0.05, 0) is 46.2 Å². The second-order valence-corrected chi connectivity index (χ2v) is 5.04. The third kappa shape index (κ3) is 2.94. The monoisotopic (exact) mass is 213 g/mol. The summed E-state index contributed by atoms with van der Waals surface area (Å²) in [6.07, 6.45) is 3.99. The van der Waals surface area contributed by atoms with E-state index < -0.39 is 11.4 Å². The molecule has 1 rings (SSSR count). The van der Waals surface area contributed by atoms with Crippen molar-refractivity contribution in [2.45, 2.75) is 52.5 Å². The first-order valence-corrected chi connectivity index (χ1v) is 5.97. The van der Waals surface area contributed by atoms with Crippen LogP contribution < -0.4 is 0 Å². The van der Waals surface area contributed by atoms with Gasteiger partial charge in [0.25, 0.3) is 0 Å². The summed E-state index contributed by atoms with van der Waals surface area (Å²) in [5.74, 6) is -0.634. The number of nitrogens with zero attached hydrogens (tertiary/aromatic N) is 1. The van der Waals surface area contributed by atoms with Crippen molar-refractivity contribution in [3.8, 4) is 0 Å². The molecule has 3 heteroatoms. The van der Waals surface area contributed by atoms with Crippen molar-refractivity contribution >= 4 is 5.97 Å². The predicted octanol–water partition coefficient (Wildman–Crippen LogP) is 2.36. The molecule has 1 unspecified atom stereocenters. The molecule has 1 aliphatic heterocycles. The first-order valence-electron chi connectivity index (χ1n) is 5.97. The van der Waals surface area contributed by atoms with E-state index in [1.54, 1.807) is 0 Å². The van der Waals surface area contributed by atoms with Gasteiger partial charge in [0.2, 0.25) is 0 Å². The van der Waals surface area contributed by atoms with Crippen LogP contribution in [-0.2, 0) is 4.79 Å². The SMILES string of the molecule is CCCC(C)N1CCC(C)(C(=O)O)CC1. The van der Waals surface area contributed by atoms with E-state index in [0.717, 1.165) is 25.9 Å². The highest BCUT2D eigenvalue weighted by Crippen LogP contribution is 2.32. The number of carboxylic acids is 1. The van der Waals surface area contributed by atoms with Gasteiger partial charge in [0, 0.05) is 6.04 Å². The zero-order valence-corrected chi connectivity index (χ0v) is 10.1. The smallest absolute Gasteiger partial charge is 0.309 e. The van der Waals surface area contributed by atoms with Crippen molar-refractivity contribution in [1.29, 1.82) is 0 Å². The van der Waals surface area contributed by atoms with Crippen LogP contribution in [0.5, 0.6) is 0 Å². The van der Waals surface area contributed by atoms with Crippen molar-refractivity contribution in [2.24, 2.45) is 5.41 Å². The Hall–Kier alpha value is -0.570. The molecule has 0 aromatic heterocycles. The first-order chi connectivity index (χ1) is 6.99. The first kappa shape index (κ1) is 12.5. The van der Waals surface area contributed by atoms with E-state index in [-0.39, 0.29) is 0 Å². The van der Waals surface area contributed by atoms with Crippen LogP contribution in [0.2, 0.25) is 0 Å². The number of hydrogen-bond donors (Lipinski definition) is 1. The topological polar surface area (TPSA) is 40.5 Å². The highest BCUT2D eigenvalue weighted by atomic mass is 16.4. The summed E-state index contributed by atoms with van der Waals surface area (Å²) in [7, 11) is 0. The average Bonchev–Trinajstić information content (AvgIpc) is 2.19. The minimum atomic E-state index is -0.634. The lowest BCUT2D eigenvalue weighted by Gasteiger charge is -2.39. The fraction of sp³-hybridized carbons (Fsp3) is 0.917. The lowest BCUT2D eigenvalue weighted by molar-refractivity contribution is -0.151. The summed E-state index contributed by atoms with van der Waals surface area (Å²) in [6.45, 7) is 8.18. The fourth-order valence-electron chi connectivity index (χ4n) is 2.27. The summed E-state index contributed by atoms with van der Waals surface area (Å²) in [5.41, 5.74) is -0.484. The standard InChI is InChI=1S/C12H23NO2/c1-4-5-10(2)13-8-6-12(3,7-9-13)11(14)15/h10H,4-9H2,1-3H3,(H,14,15). The fourth-order valence-corrected chi connectivity index (χ4v) is 2.27. The summed E-state index contributed by atoms with van der Waals surface area (Å²) in [4.78, 5) is 13.5. The van der Waals surface area contributed by atoms with E-state index in [4.69, 9.17) is 5.11 Å². The molecule has 0 radical (unpaired) electrons. The Morgan fingerprint density at radius 2 is 2.00 bits per heavy atom. The van der Waals surface area contributed by atoms with Crippen LogP contribution in [0.15, 0.2) is 0 Å².